The molecule has 5 rings (SSSR count). The first-order chi connectivity index (χ1) is 17.5. The van der Waals surface area contributed by atoms with Crippen molar-refractivity contribution in [3.05, 3.63) is 77.9 Å². The quantitative estimate of drug-likeness (QED) is 0.444. The first kappa shape index (κ1) is 23.6. The van der Waals surface area contributed by atoms with Crippen molar-refractivity contribution in [2.75, 3.05) is 32.1 Å². The summed E-state index contributed by atoms with van der Waals surface area (Å²) in [5.74, 6) is -0.185. The number of hydrogen-bond donors (Lipinski definition) is 1. The van der Waals surface area contributed by atoms with E-state index in [2.05, 4.69) is 10.3 Å². The predicted molar refractivity (Wildman–Crippen MR) is 134 cm³/mol. The molecule has 4 aromatic rings. The lowest BCUT2D eigenvalue weighted by atomic mass is 9.98. The highest BCUT2D eigenvalue weighted by Gasteiger charge is 2.30. The van der Waals surface area contributed by atoms with Crippen LogP contribution >= 0.6 is 0 Å². The maximum atomic E-state index is 14.3. The highest BCUT2D eigenvalue weighted by Crippen LogP contribution is 2.33. The molecule has 1 aliphatic rings. The number of fused-ring (bicyclic) bond motifs is 1. The number of rotatable bonds is 6. The zero-order valence-corrected chi connectivity index (χ0v) is 20.1. The zero-order valence-electron chi connectivity index (χ0n) is 20.1. The summed E-state index contributed by atoms with van der Waals surface area (Å²) in [6.45, 7) is 0.820. The zero-order chi connectivity index (χ0) is 25.2. The number of anilines is 1. The van der Waals surface area contributed by atoms with E-state index in [0.717, 1.165) is 5.56 Å². The van der Waals surface area contributed by atoms with E-state index in [9.17, 15) is 14.0 Å². The van der Waals surface area contributed by atoms with Crippen LogP contribution in [0.3, 0.4) is 0 Å². The van der Waals surface area contributed by atoms with Gasteiger partial charge in [0.25, 0.3) is 5.91 Å². The molecule has 36 heavy (non-hydrogen) atoms. The fourth-order valence-electron chi connectivity index (χ4n) is 4.83. The minimum atomic E-state index is -0.340. The van der Waals surface area contributed by atoms with E-state index in [-0.39, 0.29) is 30.2 Å². The van der Waals surface area contributed by atoms with Crippen molar-refractivity contribution in [3.8, 4) is 11.4 Å². The van der Waals surface area contributed by atoms with Gasteiger partial charge in [0.2, 0.25) is 5.91 Å². The summed E-state index contributed by atoms with van der Waals surface area (Å²) in [6.07, 6.45) is 4.08. The van der Waals surface area contributed by atoms with Gasteiger partial charge in [0.15, 0.2) is 0 Å². The molecule has 0 bridgehead atoms. The monoisotopic (exact) mass is 487 g/mol. The number of carbonyl (C=O) groups excluding carboxylic acids is 2. The fourth-order valence-corrected chi connectivity index (χ4v) is 4.83. The number of aryl methyl sites for hydroxylation is 1. The molecule has 0 aliphatic carbocycles. The van der Waals surface area contributed by atoms with Crippen molar-refractivity contribution in [2.45, 2.75) is 12.3 Å². The molecule has 1 atom stereocenters. The van der Waals surface area contributed by atoms with Gasteiger partial charge in [-0.15, -0.1) is 0 Å². The minimum absolute atomic E-state index is 0.0632. The van der Waals surface area contributed by atoms with Crippen molar-refractivity contribution in [1.82, 2.24) is 19.4 Å². The van der Waals surface area contributed by atoms with Crippen LogP contribution in [-0.2, 0) is 16.6 Å². The maximum Gasteiger partial charge on any atom is 0.254 e. The third kappa shape index (κ3) is 4.45. The standard InChI is InChI=1S/C27H26FN5O3/c1-32-25-22(30-24(34)16-36-2)12-19(13-23(25)31-26(32)17-6-5-10-29-14-17)27(35)33-11-9-18(15-33)20-7-3-4-8-21(20)28/h3-8,10,12-14,18H,9,11,15-16H2,1-2H3,(H,30,34)/t18-/m0/s1. The Hall–Kier alpha value is -4.11. The van der Waals surface area contributed by atoms with Crippen molar-refractivity contribution in [3.63, 3.8) is 0 Å². The average molecular weight is 488 g/mol. The summed E-state index contributed by atoms with van der Waals surface area (Å²) in [6, 6.07) is 13.8. The average Bonchev–Trinajstić information content (AvgIpc) is 3.50. The van der Waals surface area contributed by atoms with Crippen LogP contribution in [0.2, 0.25) is 0 Å². The Kier molecular flexibility index (Phi) is 6.47. The fraction of sp³-hybridized carbons (Fsp3) is 0.259. The predicted octanol–water partition coefficient (Wildman–Crippen LogP) is 3.99. The summed E-state index contributed by atoms with van der Waals surface area (Å²) in [5.41, 5.74) is 3.56. The molecule has 0 radical (unpaired) electrons. The summed E-state index contributed by atoms with van der Waals surface area (Å²) in [7, 11) is 3.30. The lowest BCUT2D eigenvalue weighted by Crippen LogP contribution is -2.28. The Balaban J connectivity index is 1.51. The first-order valence-electron chi connectivity index (χ1n) is 11.7. The molecule has 184 valence electrons. The SMILES string of the molecule is COCC(=O)Nc1cc(C(=O)N2CC[C@H](c3ccccc3F)C2)cc2nc(-c3cccnc3)n(C)c12. The molecular formula is C27H26FN5O3. The number of methoxy groups -OCH3 is 1. The number of halogens is 1. The van der Waals surface area contributed by atoms with Gasteiger partial charge < -0.3 is 19.5 Å². The highest BCUT2D eigenvalue weighted by molar-refractivity contribution is 6.06. The normalized spacial score (nSPS) is 15.4. The van der Waals surface area contributed by atoms with Crippen molar-refractivity contribution in [1.29, 1.82) is 0 Å². The lowest BCUT2D eigenvalue weighted by molar-refractivity contribution is -0.119. The van der Waals surface area contributed by atoms with Crippen LogP contribution < -0.4 is 5.32 Å². The lowest BCUT2D eigenvalue weighted by Gasteiger charge is -2.18. The summed E-state index contributed by atoms with van der Waals surface area (Å²) in [4.78, 5) is 36.6. The molecule has 2 aromatic heterocycles. The van der Waals surface area contributed by atoms with E-state index in [1.165, 1.54) is 13.2 Å². The molecule has 3 heterocycles. The van der Waals surface area contributed by atoms with Crippen LogP contribution in [0.25, 0.3) is 22.4 Å². The van der Waals surface area contributed by atoms with Crippen LogP contribution in [0, 0.1) is 5.82 Å². The molecule has 1 aliphatic heterocycles. The van der Waals surface area contributed by atoms with Crippen molar-refractivity contribution < 1.29 is 18.7 Å². The number of hydrogen-bond acceptors (Lipinski definition) is 5. The van der Waals surface area contributed by atoms with Gasteiger partial charge in [0, 0.05) is 56.7 Å². The van der Waals surface area contributed by atoms with Crippen LogP contribution in [0.4, 0.5) is 10.1 Å². The molecular weight excluding hydrogens is 461 g/mol. The highest BCUT2D eigenvalue weighted by atomic mass is 19.1. The first-order valence-corrected chi connectivity index (χ1v) is 11.7. The molecule has 0 spiro atoms. The number of nitrogens with one attached hydrogen (secondary N) is 1. The number of aromatic nitrogens is 3. The van der Waals surface area contributed by atoms with Gasteiger partial charge in [-0.3, -0.25) is 14.6 Å². The molecule has 1 saturated heterocycles. The number of imidazole rings is 1. The molecule has 9 heteroatoms. The second-order valence-electron chi connectivity index (χ2n) is 8.87. The molecule has 8 nitrogen and oxygen atoms in total. The van der Waals surface area contributed by atoms with Gasteiger partial charge in [-0.1, -0.05) is 18.2 Å². The van der Waals surface area contributed by atoms with Crippen molar-refractivity contribution >= 4 is 28.5 Å². The van der Waals surface area contributed by atoms with E-state index < -0.39 is 0 Å². The number of amides is 2. The van der Waals surface area contributed by atoms with Crippen molar-refractivity contribution in [2.24, 2.45) is 7.05 Å². The number of carbonyl (C=O) groups is 2. The summed E-state index contributed by atoms with van der Waals surface area (Å²) >= 11 is 0. The number of likely N-dealkylation sites (tertiary alicyclic amines) is 1. The Morgan fingerprint density at radius 2 is 2.03 bits per heavy atom. The molecule has 2 aromatic carbocycles. The van der Waals surface area contributed by atoms with E-state index in [1.54, 1.807) is 41.6 Å². The van der Waals surface area contributed by atoms with E-state index >= 15 is 0 Å². The van der Waals surface area contributed by atoms with Crippen LogP contribution in [-0.4, -0.2) is 58.1 Å². The Labute approximate surface area is 207 Å². The summed E-state index contributed by atoms with van der Waals surface area (Å²) in [5, 5.41) is 2.86. The molecule has 1 fully saturated rings. The largest absolute Gasteiger partial charge is 0.375 e. The smallest absolute Gasteiger partial charge is 0.254 e. The Morgan fingerprint density at radius 1 is 1.19 bits per heavy atom. The van der Waals surface area contributed by atoms with Gasteiger partial charge in [-0.25, -0.2) is 9.37 Å². The number of pyridine rings is 1. The number of ether oxygens (including phenoxy) is 1. The second-order valence-corrected chi connectivity index (χ2v) is 8.87. The van der Waals surface area contributed by atoms with Crippen LogP contribution in [0.15, 0.2) is 60.9 Å². The minimum Gasteiger partial charge on any atom is -0.375 e. The van der Waals surface area contributed by atoms with E-state index in [4.69, 9.17) is 9.72 Å². The summed E-state index contributed by atoms with van der Waals surface area (Å²) < 4.78 is 21.2. The van der Waals surface area contributed by atoms with Gasteiger partial charge in [0.1, 0.15) is 18.2 Å². The topological polar surface area (TPSA) is 89.3 Å². The molecule has 0 saturated carbocycles. The third-order valence-electron chi connectivity index (χ3n) is 6.51. The number of benzene rings is 2. The third-order valence-corrected chi connectivity index (χ3v) is 6.51. The van der Waals surface area contributed by atoms with Gasteiger partial charge in [0.05, 0.1) is 16.7 Å². The number of nitrogens with zero attached hydrogens (tertiary/aromatic N) is 4. The Morgan fingerprint density at radius 3 is 2.78 bits per heavy atom. The molecule has 2 amide bonds. The van der Waals surface area contributed by atoms with Crippen LogP contribution in [0.1, 0.15) is 28.3 Å². The Bertz CT molecular complexity index is 1440. The molecule has 1 N–H and O–H groups in total. The van der Waals surface area contributed by atoms with Crippen LogP contribution in [0.5, 0.6) is 0 Å². The maximum absolute atomic E-state index is 14.3. The second kappa shape index (κ2) is 9.87. The van der Waals surface area contributed by atoms with E-state index in [1.807, 2.05) is 29.8 Å². The van der Waals surface area contributed by atoms with Gasteiger partial charge in [-0.2, -0.15) is 0 Å². The van der Waals surface area contributed by atoms with Gasteiger partial charge in [-0.05, 0) is 42.3 Å². The molecule has 0 unspecified atom stereocenters. The van der Waals surface area contributed by atoms with E-state index in [0.29, 0.717) is 53.2 Å². The van der Waals surface area contributed by atoms with Gasteiger partial charge >= 0.3 is 0 Å².